The summed E-state index contributed by atoms with van der Waals surface area (Å²) in [5.74, 6) is 3.20. The molecule has 0 radical (unpaired) electrons. The van der Waals surface area contributed by atoms with Crippen molar-refractivity contribution in [3.05, 3.63) is 0 Å². The van der Waals surface area contributed by atoms with Crippen LogP contribution in [0.3, 0.4) is 0 Å². The van der Waals surface area contributed by atoms with E-state index in [-0.39, 0.29) is 81.4 Å². The van der Waals surface area contributed by atoms with Gasteiger partial charge in [0.25, 0.3) is 0 Å². The number of fused-ring (bicyclic) bond motifs is 6. The monoisotopic (exact) mass is 1300 g/mol. The van der Waals surface area contributed by atoms with E-state index >= 15 is 0 Å². The van der Waals surface area contributed by atoms with E-state index in [2.05, 4.69) is 27.3 Å². The van der Waals surface area contributed by atoms with Gasteiger partial charge >= 0.3 is 35.8 Å². The number of carbonyl (C=O) groups excluding carboxylic acids is 6. The molecule has 0 aromatic heterocycles. The van der Waals surface area contributed by atoms with Crippen molar-refractivity contribution < 1.29 is 61.9 Å². The van der Waals surface area contributed by atoms with E-state index in [4.69, 9.17) is 33.2 Å². The number of ether oxygens (including phenoxy) is 7. The van der Waals surface area contributed by atoms with Gasteiger partial charge in [-0.15, -0.1) is 0 Å². The van der Waals surface area contributed by atoms with Crippen molar-refractivity contribution in [2.75, 3.05) is 0 Å². The Morgan fingerprint density at radius 2 is 0.918 bits per heavy atom. The normalized spacial score (nSPS) is 27.8. The van der Waals surface area contributed by atoms with Crippen molar-refractivity contribution >= 4 is 97.3 Å². The van der Waals surface area contributed by atoms with E-state index in [0.29, 0.717) is 50.0 Å². The van der Waals surface area contributed by atoms with Crippen LogP contribution >= 0.6 is 0 Å². The van der Waals surface area contributed by atoms with Gasteiger partial charge in [0, 0.05) is 89.7 Å². The first-order valence-electron chi connectivity index (χ1n) is 35.0. The van der Waals surface area contributed by atoms with Gasteiger partial charge in [-0.05, 0) is 244 Å². The maximum absolute atomic E-state index is 11.8. The number of hydrogen-bond acceptors (Lipinski definition) is 13. The standard InChI is InChI=1S/C12H22O2Si.C12H20O2.C11H20O3Si.C11H22O2Si.C10H20O2Si.C9H20O2Si.CH6Si/c1-12(14-11(13)3-2-6-15)8-9-4-5-10(12)7-9;1-12(2,3)14-11(13)10-7-8-4-5-9(10)6-8;1-11(14-10(12)3-2-6-15)7-8-4-5-9(11)13-8;1-11(7-3-2-4-8-11)13-10(12)6-5-9-14;1-10(6-2-3-7-10)12-9(11)5-4-8-13;1-4-9(2,3)11-8(10)6-5-7-12;1-2/h9-10H,2-8H2,1,15H3;8-10H,4-7H2,1-3H3;8-9H,2-7H2,1,15H3;2-9H2,1,14H3;2-8H2,1,13H3;4-7H2,1-3,12H3;1-2H3. The van der Waals surface area contributed by atoms with E-state index < -0.39 is 0 Å². The summed E-state index contributed by atoms with van der Waals surface area (Å²) in [5, 5.41) is 0. The summed E-state index contributed by atoms with van der Waals surface area (Å²) >= 11 is 0. The summed E-state index contributed by atoms with van der Waals surface area (Å²) in [6.07, 6.45) is 32.9. The van der Waals surface area contributed by atoms with Crippen LogP contribution in [0, 0.1) is 29.6 Å². The average Bonchev–Trinajstić information content (AvgIpc) is 3.05. The van der Waals surface area contributed by atoms with Crippen LogP contribution in [-0.2, 0) is 61.9 Å². The molecule has 8 fully saturated rings. The molecule has 6 bridgehead atoms. The van der Waals surface area contributed by atoms with Gasteiger partial charge in [-0.3, -0.25) is 28.8 Å². The fourth-order valence-corrected chi connectivity index (χ4v) is 15.3. The van der Waals surface area contributed by atoms with Gasteiger partial charge in [0.2, 0.25) is 0 Å². The quantitative estimate of drug-likeness (QED) is 0.0573. The topological polar surface area (TPSA) is 167 Å². The fraction of sp³-hybridized carbons (Fsp3) is 0.909. The summed E-state index contributed by atoms with van der Waals surface area (Å²) in [7, 11) is 7.24. The van der Waals surface area contributed by atoms with Gasteiger partial charge in [0.15, 0.2) is 0 Å². The third-order valence-electron chi connectivity index (χ3n) is 18.9. The van der Waals surface area contributed by atoms with Crippen LogP contribution < -0.4 is 0 Å². The zero-order valence-electron chi connectivity index (χ0n) is 57.8. The fourth-order valence-electron chi connectivity index (χ4n) is 13.5. The lowest BCUT2D eigenvalue weighted by atomic mass is 9.86. The van der Waals surface area contributed by atoms with Crippen LogP contribution in [0.5, 0.6) is 0 Å². The minimum atomic E-state index is -0.328. The van der Waals surface area contributed by atoms with E-state index in [9.17, 15) is 28.8 Å². The molecule has 496 valence electrons. The molecule has 85 heavy (non-hydrogen) atoms. The van der Waals surface area contributed by atoms with Crippen molar-refractivity contribution in [3.8, 4) is 0 Å². The van der Waals surface area contributed by atoms with Crippen LogP contribution in [0.4, 0.5) is 0 Å². The van der Waals surface area contributed by atoms with Gasteiger partial charge in [-0.2, -0.15) is 0 Å². The number of esters is 6. The molecule has 2 heterocycles. The van der Waals surface area contributed by atoms with Gasteiger partial charge in [-0.25, -0.2) is 0 Å². The molecule has 2 saturated heterocycles. The molecule has 9 unspecified atom stereocenters. The van der Waals surface area contributed by atoms with Crippen LogP contribution in [0.15, 0.2) is 0 Å². The molecule has 0 aromatic rings. The summed E-state index contributed by atoms with van der Waals surface area (Å²) < 4.78 is 38.8. The summed E-state index contributed by atoms with van der Waals surface area (Å²) in [6.45, 7) is 22.2. The molecule has 8 rings (SSSR count). The first-order valence-corrected chi connectivity index (χ1v) is 44.1. The highest BCUT2D eigenvalue weighted by molar-refractivity contribution is 6.09. The number of carbonyl (C=O) groups is 6. The largest absolute Gasteiger partial charge is 0.460 e. The maximum Gasteiger partial charge on any atom is 0.309 e. The van der Waals surface area contributed by atoms with Crippen molar-refractivity contribution in [2.45, 2.75) is 351 Å². The molecule has 9 atom stereocenters. The molecule has 0 amide bonds. The third kappa shape index (κ3) is 30.6. The number of rotatable bonds is 22. The van der Waals surface area contributed by atoms with E-state index in [1.165, 1.54) is 162 Å². The molecule has 0 spiro atoms. The first-order chi connectivity index (χ1) is 40.1. The first kappa shape index (κ1) is 79.2. The van der Waals surface area contributed by atoms with Crippen molar-refractivity contribution in [2.24, 2.45) is 29.6 Å². The Balaban J connectivity index is 0.000000347. The Hall–Kier alpha value is -1.92. The zero-order valence-corrected chi connectivity index (χ0v) is 69.8. The second kappa shape index (κ2) is 40.0. The molecule has 6 aliphatic carbocycles. The molecule has 13 nitrogen and oxygen atoms in total. The summed E-state index contributed by atoms with van der Waals surface area (Å²) in [6, 6.07) is 5.96. The maximum atomic E-state index is 11.8. The predicted molar refractivity (Wildman–Crippen MR) is 368 cm³/mol. The molecule has 8 aliphatic rings. The molecule has 6 saturated carbocycles. The number of hydrogen-bond donors (Lipinski definition) is 0. The Morgan fingerprint density at radius 1 is 0.482 bits per heavy atom. The van der Waals surface area contributed by atoms with Crippen LogP contribution in [-0.4, -0.2) is 143 Å². The Kier molecular flexibility index (Phi) is 37.3. The second-order valence-electron chi connectivity index (χ2n) is 28.7. The minimum absolute atomic E-state index is 0.0141. The molecular formula is C66H130O13Si6. The van der Waals surface area contributed by atoms with Gasteiger partial charge in [-0.1, -0.05) is 56.5 Å². The van der Waals surface area contributed by atoms with Crippen LogP contribution in [0.1, 0.15) is 268 Å². The van der Waals surface area contributed by atoms with E-state index in [1.54, 1.807) is 0 Å². The third-order valence-corrected chi connectivity index (χ3v) is 22.4. The highest BCUT2D eigenvalue weighted by Gasteiger charge is 2.53. The van der Waals surface area contributed by atoms with Gasteiger partial charge in [0.1, 0.15) is 33.6 Å². The lowest BCUT2D eigenvalue weighted by Crippen LogP contribution is -2.41. The lowest BCUT2D eigenvalue weighted by molar-refractivity contribution is -0.164. The average molecular weight is 1300 g/mol. The van der Waals surface area contributed by atoms with Crippen LogP contribution in [0.2, 0.25) is 36.8 Å². The SMILES string of the molecule is CC(C)(C)OC(=O)C1CC2CCC1C2.CC1(OC(=O)CCC[SiH3])CC2CCC1C2.CC1(OC(=O)CCC[SiH3])CC2CCC1O2.CC1(OC(=O)CCC[SiH3])CCCC1.CC1(OC(=O)CCC[SiH3])CCCCC1.CCC(C)(C)OC(=O)CCC[SiH3].C[SiH3]. The second-order valence-corrected chi connectivity index (χ2v) is 33.7. The zero-order chi connectivity index (χ0) is 63.9. The van der Waals surface area contributed by atoms with Gasteiger partial charge in [0.05, 0.1) is 18.1 Å². The predicted octanol–water partition coefficient (Wildman–Crippen LogP) is 9.16. The Labute approximate surface area is 536 Å². The van der Waals surface area contributed by atoms with E-state index in [1.807, 2.05) is 48.5 Å². The Bertz CT molecular complexity index is 1900. The molecule has 0 aromatic carbocycles. The summed E-state index contributed by atoms with van der Waals surface area (Å²) in [5.41, 5.74) is -1.29. The summed E-state index contributed by atoms with van der Waals surface area (Å²) in [4.78, 5) is 69.0. The smallest absolute Gasteiger partial charge is 0.309 e. The van der Waals surface area contributed by atoms with Crippen molar-refractivity contribution in [3.63, 3.8) is 0 Å². The highest BCUT2D eigenvalue weighted by atomic mass is 28.2. The van der Waals surface area contributed by atoms with Gasteiger partial charge < -0.3 is 33.2 Å². The van der Waals surface area contributed by atoms with Crippen LogP contribution in [0.25, 0.3) is 0 Å². The van der Waals surface area contributed by atoms with E-state index in [0.717, 1.165) is 108 Å². The Morgan fingerprint density at radius 3 is 1.27 bits per heavy atom. The molecular weight excluding hydrogens is 1170 g/mol. The van der Waals surface area contributed by atoms with Crippen molar-refractivity contribution in [1.82, 2.24) is 0 Å². The minimum Gasteiger partial charge on any atom is -0.460 e. The highest BCUT2D eigenvalue weighted by Crippen LogP contribution is 2.53. The molecule has 0 N–H and O–H groups in total. The molecule has 19 heteroatoms. The lowest BCUT2D eigenvalue weighted by Gasteiger charge is -2.33. The molecule has 2 aliphatic heterocycles. The van der Waals surface area contributed by atoms with Crippen molar-refractivity contribution in [1.29, 1.82) is 0 Å².